The maximum Gasteiger partial charge on any atom is 0.258 e. The van der Waals surface area contributed by atoms with Crippen molar-refractivity contribution >= 4 is 11.8 Å². The molecule has 2 aliphatic rings. The van der Waals surface area contributed by atoms with Crippen LogP contribution in [0, 0.1) is 0 Å². The maximum absolute atomic E-state index is 12.1. The van der Waals surface area contributed by atoms with Crippen LogP contribution in [0.15, 0.2) is 30.3 Å². The van der Waals surface area contributed by atoms with Gasteiger partial charge in [-0.3, -0.25) is 14.5 Å². The Morgan fingerprint density at radius 3 is 2.57 bits per heavy atom. The van der Waals surface area contributed by atoms with Crippen molar-refractivity contribution in [2.24, 2.45) is 0 Å². The number of amides is 2. The number of rotatable bonds is 5. The van der Waals surface area contributed by atoms with Gasteiger partial charge in [0.15, 0.2) is 0 Å². The third-order valence-electron chi connectivity index (χ3n) is 4.72. The fourth-order valence-electron chi connectivity index (χ4n) is 3.52. The van der Waals surface area contributed by atoms with E-state index in [0.717, 1.165) is 32.1 Å². The molecule has 0 radical (unpaired) electrons. The highest BCUT2D eigenvalue weighted by molar-refractivity contribution is 6.05. The molecule has 1 aromatic rings. The summed E-state index contributed by atoms with van der Waals surface area (Å²) < 4.78 is 6.02. The van der Waals surface area contributed by atoms with Crippen molar-refractivity contribution in [1.29, 1.82) is 0 Å². The van der Waals surface area contributed by atoms with E-state index in [1.54, 1.807) is 0 Å². The molecule has 1 aliphatic carbocycles. The second-order valence-electron chi connectivity index (χ2n) is 6.32. The number of likely N-dealkylation sites (tertiary alicyclic amines) is 1. The Morgan fingerprint density at radius 2 is 1.87 bits per heavy atom. The van der Waals surface area contributed by atoms with E-state index in [9.17, 15) is 14.7 Å². The smallest absolute Gasteiger partial charge is 0.258 e. The summed E-state index contributed by atoms with van der Waals surface area (Å²) in [6.45, 7) is 0.573. The van der Waals surface area contributed by atoms with Gasteiger partial charge in [-0.25, -0.2) is 0 Å². The number of aliphatic hydroxyl groups is 1. The van der Waals surface area contributed by atoms with Crippen LogP contribution in [0.3, 0.4) is 0 Å². The van der Waals surface area contributed by atoms with Crippen LogP contribution in [-0.4, -0.2) is 46.7 Å². The van der Waals surface area contributed by atoms with Gasteiger partial charge in [-0.2, -0.15) is 0 Å². The van der Waals surface area contributed by atoms with Crippen molar-refractivity contribution in [3.63, 3.8) is 0 Å². The highest BCUT2D eigenvalue weighted by Crippen LogP contribution is 2.29. The van der Waals surface area contributed by atoms with Crippen molar-refractivity contribution in [2.45, 2.75) is 56.8 Å². The molecule has 0 unspecified atom stereocenters. The van der Waals surface area contributed by atoms with Crippen LogP contribution in [0.1, 0.15) is 37.7 Å². The molecule has 1 aliphatic heterocycles. The average molecular weight is 317 g/mol. The summed E-state index contributed by atoms with van der Waals surface area (Å²) in [5.74, 6) is -0.732. The topological polar surface area (TPSA) is 66.8 Å². The first kappa shape index (κ1) is 16.1. The molecule has 2 amide bonds. The summed E-state index contributed by atoms with van der Waals surface area (Å²) in [6.07, 6.45) is 3.08. The van der Waals surface area contributed by atoms with E-state index in [0.29, 0.717) is 6.61 Å². The van der Waals surface area contributed by atoms with E-state index >= 15 is 0 Å². The summed E-state index contributed by atoms with van der Waals surface area (Å²) in [7, 11) is 0. The number of ether oxygens (including phenoxy) is 1. The molecule has 2 fully saturated rings. The molecular formula is C18H23NO4. The third kappa shape index (κ3) is 3.62. The Labute approximate surface area is 136 Å². The first-order chi connectivity index (χ1) is 11.2. The van der Waals surface area contributed by atoms with Crippen molar-refractivity contribution in [3.05, 3.63) is 35.9 Å². The van der Waals surface area contributed by atoms with Crippen LogP contribution in [-0.2, 0) is 20.7 Å². The maximum atomic E-state index is 12.1. The number of carbonyl (C=O) groups is 2. The molecule has 1 N–H and O–H groups in total. The molecule has 3 atom stereocenters. The van der Waals surface area contributed by atoms with Crippen LogP contribution in [0.4, 0.5) is 0 Å². The fraction of sp³-hybridized carbons (Fsp3) is 0.556. The van der Waals surface area contributed by atoms with Gasteiger partial charge in [0.25, 0.3) is 5.91 Å². The largest absolute Gasteiger partial charge is 0.383 e. The van der Waals surface area contributed by atoms with Gasteiger partial charge in [-0.1, -0.05) is 43.2 Å². The van der Waals surface area contributed by atoms with Gasteiger partial charge < -0.3 is 9.84 Å². The summed E-state index contributed by atoms with van der Waals surface area (Å²) >= 11 is 0. The molecule has 0 bridgehead atoms. The number of nitrogens with zero attached hydrogens (tertiary/aromatic N) is 1. The predicted octanol–water partition coefficient (Wildman–Crippen LogP) is 1.68. The van der Waals surface area contributed by atoms with Crippen molar-refractivity contribution in [1.82, 2.24) is 4.90 Å². The van der Waals surface area contributed by atoms with Crippen LogP contribution >= 0.6 is 0 Å². The number of benzene rings is 1. The normalized spacial score (nSPS) is 28.4. The number of hydrogen-bond donors (Lipinski definition) is 1. The second-order valence-corrected chi connectivity index (χ2v) is 6.32. The predicted molar refractivity (Wildman–Crippen MR) is 84.6 cm³/mol. The van der Waals surface area contributed by atoms with Gasteiger partial charge in [-0.15, -0.1) is 0 Å². The van der Waals surface area contributed by atoms with E-state index in [-0.39, 0.29) is 24.5 Å². The van der Waals surface area contributed by atoms with E-state index in [2.05, 4.69) is 12.1 Å². The van der Waals surface area contributed by atoms with Gasteiger partial charge in [0.2, 0.25) is 5.91 Å². The molecule has 5 nitrogen and oxygen atoms in total. The van der Waals surface area contributed by atoms with Crippen LogP contribution in [0.25, 0.3) is 0 Å². The molecule has 3 rings (SSSR count). The van der Waals surface area contributed by atoms with Crippen molar-refractivity contribution in [2.75, 3.05) is 6.61 Å². The van der Waals surface area contributed by atoms with E-state index in [4.69, 9.17) is 4.74 Å². The third-order valence-corrected chi connectivity index (χ3v) is 4.72. The lowest BCUT2D eigenvalue weighted by Crippen LogP contribution is -2.50. The molecule has 1 aromatic carbocycles. The SMILES string of the molecule is O=C1C[C@H](O)C(=O)N1[C@@H]1CCCC[C@@H]1OCCc1ccccc1. The minimum atomic E-state index is -1.17. The summed E-state index contributed by atoms with van der Waals surface area (Å²) in [4.78, 5) is 25.3. The molecule has 0 aromatic heterocycles. The second kappa shape index (κ2) is 7.23. The lowest BCUT2D eigenvalue weighted by Gasteiger charge is -2.36. The molecule has 5 heteroatoms. The summed E-state index contributed by atoms with van der Waals surface area (Å²) in [5, 5.41) is 9.63. The molecule has 1 saturated carbocycles. The number of hydrogen-bond acceptors (Lipinski definition) is 4. The summed E-state index contributed by atoms with van der Waals surface area (Å²) in [5.41, 5.74) is 1.21. The van der Waals surface area contributed by atoms with E-state index in [1.165, 1.54) is 10.5 Å². The van der Waals surface area contributed by atoms with Gasteiger partial charge in [0.1, 0.15) is 6.10 Å². The number of imide groups is 1. The minimum absolute atomic E-state index is 0.0912. The van der Waals surface area contributed by atoms with Gasteiger partial charge in [-0.05, 0) is 24.8 Å². The average Bonchev–Trinajstić information content (AvgIpc) is 2.82. The molecule has 1 saturated heterocycles. The monoisotopic (exact) mass is 317 g/mol. The number of carbonyl (C=O) groups excluding carboxylic acids is 2. The Morgan fingerprint density at radius 1 is 1.13 bits per heavy atom. The number of aliphatic hydroxyl groups excluding tert-OH is 1. The zero-order chi connectivity index (χ0) is 16.2. The standard InChI is InChI=1S/C18H23NO4/c20-15-12-17(21)19(18(15)22)14-8-4-5-9-16(14)23-11-10-13-6-2-1-3-7-13/h1-3,6-7,14-16,20H,4-5,8-12H2/t14-,15+,16+/m1/s1. The van der Waals surface area contributed by atoms with Gasteiger partial charge >= 0.3 is 0 Å². The first-order valence-electron chi connectivity index (χ1n) is 8.36. The van der Waals surface area contributed by atoms with Crippen LogP contribution in [0.2, 0.25) is 0 Å². The summed E-state index contributed by atoms with van der Waals surface area (Å²) in [6, 6.07) is 9.88. The zero-order valence-electron chi connectivity index (χ0n) is 13.2. The Bertz CT molecular complexity index is 559. The van der Waals surface area contributed by atoms with Gasteiger partial charge in [0, 0.05) is 0 Å². The lowest BCUT2D eigenvalue weighted by molar-refractivity contribution is -0.149. The highest BCUT2D eigenvalue weighted by Gasteiger charge is 2.44. The quantitative estimate of drug-likeness (QED) is 0.839. The Balaban J connectivity index is 1.60. The van der Waals surface area contributed by atoms with E-state index < -0.39 is 12.0 Å². The van der Waals surface area contributed by atoms with Crippen LogP contribution < -0.4 is 0 Å². The molecular weight excluding hydrogens is 294 g/mol. The van der Waals surface area contributed by atoms with Gasteiger partial charge in [0.05, 0.1) is 25.2 Å². The van der Waals surface area contributed by atoms with E-state index in [1.807, 2.05) is 18.2 Å². The lowest BCUT2D eigenvalue weighted by atomic mass is 9.91. The zero-order valence-corrected chi connectivity index (χ0v) is 13.2. The molecule has 23 heavy (non-hydrogen) atoms. The highest BCUT2D eigenvalue weighted by atomic mass is 16.5. The molecule has 1 heterocycles. The minimum Gasteiger partial charge on any atom is -0.383 e. The van der Waals surface area contributed by atoms with Crippen molar-refractivity contribution < 1.29 is 19.4 Å². The Hall–Kier alpha value is -1.72. The van der Waals surface area contributed by atoms with Crippen molar-refractivity contribution in [3.8, 4) is 0 Å². The molecule has 124 valence electrons. The Kier molecular flexibility index (Phi) is 5.08. The van der Waals surface area contributed by atoms with Crippen LogP contribution in [0.5, 0.6) is 0 Å². The fourth-order valence-corrected chi connectivity index (χ4v) is 3.52. The first-order valence-corrected chi connectivity index (χ1v) is 8.36. The molecule has 0 spiro atoms.